The third kappa shape index (κ3) is 2.07. The molecule has 1 heterocycles. The zero-order chi connectivity index (χ0) is 11.5. The van der Waals surface area contributed by atoms with Gasteiger partial charge in [-0.2, -0.15) is 0 Å². The summed E-state index contributed by atoms with van der Waals surface area (Å²) in [7, 11) is 0. The number of rotatable bonds is 2. The van der Waals surface area contributed by atoms with E-state index in [4.69, 9.17) is 12.2 Å². The highest BCUT2D eigenvalue weighted by molar-refractivity contribution is 7.71. The van der Waals surface area contributed by atoms with E-state index in [9.17, 15) is 0 Å². The van der Waals surface area contributed by atoms with Crippen LogP contribution in [-0.4, -0.2) is 4.57 Å². The van der Waals surface area contributed by atoms with Crippen molar-refractivity contribution >= 4 is 12.2 Å². The van der Waals surface area contributed by atoms with Crippen molar-refractivity contribution in [2.75, 3.05) is 0 Å². The van der Waals surface area contributed by atoms with E-state index in [0.717, 1.165) is 11.1 Å². The number of hydrogen-bond donors (Lipinski definition) is 0. The number of aromatic nitrogens is 1. The molecule has 0 spiro atoms. The predicted octanol–water partition coefficient (Wildman–Crippen LogP) is 4.08. The Balaban J connectivity index is 2.67. The standard InChI is InChI=1S/C14H15NS/c1-3-12-6-4-5-7-13(12)15-10-11(2)8-9-14(15)16/h4-10H,3H2,1-2H3. The first-order valence-corrected chi connectivity index (χ1v) is 5.91. The number of aryl methyl sites for hydroxylation is 2. The maximum atomic E-state index is 5.36. The van der Waals surface area contributed by atoms with E-state index >= 15 is 0 Å². The van der Waals surface area contributed by atoms with Crippen LogP contribution in [0.15, 0.2) is 42.6 Å². The van der Waals surface area contributed by atoms with Crippen LogP contribution in [0.4, 0.5) is 0 Å². The van der Waals surface area contributed by atoms with E-state index in [-0.39, 0.29) is 0 Å². The number of hydrogen-bond acceptors (Lipinski definition) is 1. The van der Waals surface area contributed by atoms with Crippen molar-refractivity contribution < 1.29 is 0 Å². The molecule has 1 aromatic heterocycles. The quantitative estimate of drug-likeness (QED) is 0.702. The first kappa shape index (κ1) is 11.1. The Hall–Kier alpha value is -1.41. The summed E-state index contributed by atoms with van der Waals surface area (Å²) in [6.45, 7) is 4.25. The van der Waals surface area contributed by atoms with Crippen LogP contribution in [-0.2, 0) is 6.42 Å². The SMILES string of the molecule is CCc1ccccc1-n1cc(C)ccc1=S. The summed E-state index contributed by atoms with van der Waals surface area (Å²) in [5.41, 5.74) is 3.74. The molecule has 1 aromatic carbocycles. The molecule has 0 atom stereocenters. The molecule has 0 unspecified atom stereocenters. The van der Waals surface area contributed by atoms with Crippen molar-refractivity contribution in [2.45, 2.75) is 20.3 Å². The highest BCUT2D eigenvalue weighted by Gasteiger charge is 2.02. The smallest absolute Gasteiger partial charge is 0.110 e. The summed E-state index contributed by atoms with van der Waals surface area (Å²) in [4.78, 5) is 0. The van der Waals surface area contributed by atoms with Gasteiger partial charge >= 0.3 is 0 Å². The third-order valence-electron chi connectivity index (χ3n) is 2.69. The second-order valence-electron chi connectivity index (χ2n) is 3.90. The highest BCUT2D eigenvalue weighted by atomic mass is 32.1. The Labute approximate surface area is 101 Å². The molecule has 0 N–H and O–H groups in total. The molecule has 82 valence electrons. The molecule has 2 rings (SSSR count). The van der Waals surface area contributed by atoms with Crippen molar-refractivity contribution in [3.8, 4) is 5.69 Å². The van der Waals surface area contributed by atoms with Crippen LogP contribution in [0.2, 0.25) is 0 Å². The lowest BCUT2D eigenvalue weighted by molar-refractivity contribution is 0.971. The Morgan fingerprint density at radius 3 is 2.62 bits per heavy atom. The van der Waals surface area contributed by atoms with E-state index in [1.807, 2.05) is 12.1 Å². The zero-order valence-corrected chi connectivity index (χ0v) is 10.4. The fourth-order valence-corrected chi connectivity index (χ4v) is 2.05. The number of benzene rings is 1. The van der Waals surface area contributed by atoms with Crippen LogP contribution in [0, 0.1) is 11.6 Å². The second-order valence-corrected chi connectivity index (χ2v) is 4.32. The van der Waals surface area contributed by atoms with E-state index in [1.165, 1.54) is 16.8 Å². The summed E-state index contributed by atoms with van der Waals surface area (Å²) < 4.78 is 2.94. The summed E-state index contributed by atoms with van der Waals surface area (Å²) in [5, 5.41) is 0. The van der Waals surface area contributed by atoms with Crippen LogP contribution < -0.4 is 0 Å². The Morgan fingerprint density at radius 1 is 1.12 bits per heavy atom. The summed E-state index contributed by atoms with van der Waals surface area (Å²) in [5.74, 6) is 0. The van der Waals surface area contributed by atoms with Crippen LogP contribution >= 0.6 is 12.2 Å². The van der Waals surface area contributed by atoms with E-state index < -0.39 is 0 Å². The maximum Gasteiger partial charge on any atom is 0.110 e. The predicted molar refractivity (Wildman–Crippen MR) is 70.7 cm³/mol. The minimum atomic E-state index is 0.853. The van der Waals surface area contributed by atoms with Gasteiger partial charge in [0.05, 0.1) is 0 Å². The maximum absolute atomic E-state index is 5.36. The average molecular weight is 229 g/mol. The van der Waals surface area contributed by atoms with Gasteiger partial charge in [0.2, 0.25) is 0 Å². The van der Waals surface area contributed by atoms with Crippen LogP contribution in [0.5, 0.6) is 0 Å². The minimum Gasteiger partial charge on any atom is -0.308 e. The molecular weight excluding hydrogens is 214 g/mol. The molecule has 1 nitrogen and oxygen atoms in total. The molecule has 2 heteroatoms. The fraction of sp³-hybridized carbons (Fsp3) is 0.214. The molecule has 0 amide bonds. The third-order valence-corrected chi connectivity index (χ3v) is 3.02. The van der Waals surface area contributed by atoms with E-state index in [2.05, 4.69) is 48.9 Å². The zero-order valence-electron chi connectivity index (χ0n) is 9.60. The molecule has 0 saturated heterocycles. The first-order valence-electron chi connectivity index (χ1n) is 5.50. The normalized spacial score (nSPS) is 10.4. The van der Waals surface area contributed by atoms with Gasteiger partial charge in [0, 0.05) is 11.9 Å². The Kier molecular flexibility index (Phi) is 3.20. The Bertz CT molecular complexity index is 555. The monoisotopic (exact) mass is 229 g/mol. The lowest BCUT2D eigenvalue weighted by atomic mass is 10.1. The summed E-state index contributed by atoms with van der Waals surface area (Å²) in [6.07, 6.45) is 3.11. The van der Waals surface area contributed by atoms with Crippen molar-refractivity contribution in [1.82, 2.24) is 4.57 Å². The van der Waals surface area contributed by atoms with Gasteiger partial charge in [0.1, 0.15) is 4.64 Å². The van der Waals surface area contributed by atoms with Gasteiger partial charge in [-0.15, -0.1) is 0 Å². The lowest BCUT2D eigenvalue weighted by Gasteiger charge is -2.12. The highest BCUT2D eigenvalue weighted by Crippen LogP contribution is 2.16. The minimum absolute atomic E-state index is 0.853. The molecular formula is C14H15NS. The second kappa shape index (κ2) is 4.62. The molecule has 16 heavy (non-hydrogen) atoms. The summed E-state index contributed by atoms with van der Waals surface area (Å²) in [6, 6.07) is 12.4. The molecule has 0 aliphatic rings. The van der Waals surface area contributed by atoms with Gasteiger partial charge in [-0.3, -0.25) is 0 Å². The molecule has 0 radical (unpaired) electrons. The van der Waals surface area contributed by atoms with Crippen molar-refractivity contribution in [2.24, 2.45) is 0 Å². The fourth-order valence-electron chi connectivity index (χ4n) is 1.83. The molecule has 0 aliphatic carbocycles. The molecule has 0 aliphatic heterocycles. The van der Waals surface area contributed by atoms with Crippen molar-refractivity contribution in [1.29, 1.82) is 0 Å². The first-order chi connectivity index (χ1) is 7.72. The van der Waals surface area contributed by atoms with Crippen LogP contribution in [0.25, 0.3) is 5.69 Å². The van der Waals surface area contributed by atoms with Crippen LogP contribution in [0.1, 0.15) is 18.1 Å². The van der Waals surface area contributed by atoms with Crippen molar-refractivity contribution in [3.63, 3.8) is 0 Å². The van der Waals surface area contributed by atoms with Gasteiger partial charge in [-0.1, -0.05) is 43.4 Å². The van der Waals surface area contributed by atoms with Gasteiger partial charge in [0.25, 0.3) is 0 Å². The average Bonchev–Trinajstić information content (AvgIpc) is 2.32. The number of nitrogens with zero attached hydrogens (tertiary/aromatic N) is 1. The largest absolute Gasteiger partial charge is 0.308 e. The summed E-state index contributed by atoms with van der Waals surface area (Å²) >= 11 is 5.36. The van der Waals surface area contributed by atoms with E-state index in [0.29, 0.717) is 0 Å². The van der Waals surface area contributed by atoms with Crippen molar-refractivity contribution in [3.05, 3.63) is 58.4 Å². The topological polar surface area (TPSA) is 4.93 Å². The van der Waals surface area contributed by atoms with Gasteiger partial charge in [-0.05, 0) is 36.6 Å². The van der Waals surface area contributed by atoms with Crippen LogP contribution in [0.3, 0.4) is 0 Å². The van der Waals surface area contributed by atoms with Gasteiger partial charge < -0.3 is 4.57 Å². The lowest BCUT2D eigenvalue weighted by Crippen LogP contribution is -2.00. The molecule has 0 saturated carbocycles. The molecule has 2 aromatic rings. The Morgan fingerprint density at radius 2 is 1.88 bits per heavy atom. The number of para-hydroxylation sites is 1. The number of pyridine rings is 1. The van der Waals surface area contributed by atoms with E-state index in [1.54, 1.807) is 0 Å². The molecule has 0 fully saturated rings. The van der Waals surface area contributed by atoms with Gasteiger partial charge in [0.15, 0.2) is 0 Å². The van der Waals surface area contributed by atoms with Gasteiger partial charge in [-0.25, -0.2) is 0 Å². The molecule has 0 bridgehead atoms.